The molecule has 92 valence electrons. The van der Waals surface area contributed by atoms with Gasteiger partial charge in [-0.2, -0.15) is 5.10 Å². The van der Waals surface area contributed by atoms with Gasteiger partial charge in [0, 0.05) is 38.9 Å². The molecule has 0 aliphatic heterocycles. The third-order valence-corrected chi connectivity index (χ3v) is 2.55. The van der Waals surface area contributed by atoms with E-state index >= 15 is 0 Å². The van der Waals surface area contributed by atoms with E-state index in [1.807, 2.05) is 20.0 Å². The van der Waals surface area contributed by atoms with Crippen molar-refractivity contribution >= 4 is 11.0 Å². The zero-order valence-corrected chi connectivity index (χ0v) is 10.4. The Morgan fingerprint density at radius 2 is 2.18 bits per heavy atom. The van der Waals surface area contributed by atoms with Gasteiger partial charge in [0.1, 0.15) is 5.75 Å². The molecule has 17 heavy (non-hydrogen) atoms. The van der Waals surface area contributed by atoms with Gasteiger partial charge in [-0.1, -0.05) is 0 Å². The number of aryl methyl sites for hydroxylation is 2. The first-order chi connectivity index (χ1) is 8.22. The summed E-state index contributed by atoms with van der Waals surface area (Å²) in [7, 11) is 3.57. The monoisotopic (exact) mass is 235 g/mol. The summed E-state index contributed by atoms with van der Waals surface area (Å²) in [4.78, 5) is 4.44. The first-order valence-electron chi connectivity index (χ1n) is 5.63. The summed E-state index contributed by atoms with van der Waals surface area (Å²) in [6.07, 6.45) is 2.66. The van der Waals surface area contributed by atoms with Crippen molar-refractivity contribution in [2.75, 3.05) is 20.3 Å². The van der Waals surface area contributed by atoms with E-state index in [1.54, 1.807) is 18.0 Å². The van der Waals surface area contributed by atoms with Gasteiger partial charge in [0.25, 0.3) is 0 Å². The minimum Gasteiger partial charge on any atom is -0.493 e. The SMILES string of the molecule is COCCCOc1cc(C)nc2c1cnn2C. The summed E-state index contributed by atoms with van der Waals surface area (Å²) in [5.41, 5.74) is 1.79. The fourth-order valence-corrected chi connectivity index (χ4v) is 1.71. The van der Waals surface area contributed by atoms with Crippen LogP contribution in [0.15, 0.2) is 12.3 Å². The highest BCUT2D eigenvalue weighted by atomic mass is 16.5. The molecule has 0 fully saturated rings. The van der Waals surface area contributed by atoms with Gasteiger partial charge >= 0.3 is 0 Å². The molecule has 5 nitrogen and oxygen atoms in total. The normalized spacial score (nSPS) is 11.0. The van der Waals surface area contributed by atoms with Gasteiger partial charge in [-0.25, -0.2) is 4.98 Å². The molecule has 0 aliphatic carbocycles. The summed E-state index contributed by atoms with van der Waals surface area (Å²) in [6.45, 7) is 3.30. The molecule has 2 aromatic heterocycles. The van der Waals surface area contributed by atoms with Gasteiger partial charge in [-0.3, -0.25) is 4.68 Å². The Balaban J connectivity index is 2.20. The minimum atomic E-state index is 0.640. The maximum absolute atomic E-state index is 5.74. The maximum Gasteiger partial charge on any atom is 0.161 e. The Morgan fingerprint density at radius 3 is 2.94 bits per heavy atom. The van der Waals surface area contributed by atoms with E-state index in [0.29, 0.717) is 13.2 Å². The highest BCUT2D eigenvalue weighted by Gasteiger charge is 2.08. The average Bonchev–Trinajstić information content (AvgIpc) is 2.67. The molecule has 0 saturated carbocycles. The van der Waals surface area contributed by atoms with Crippen LogP contribution in [0.1, 0.15) is 12.1 Å². The van der Waals surface area contributed by atoms with E-state index in [1.165, 1.54) is 0 Å². The molecule has 0 radical (unpaired) electrons. The Labute approximate surface area is 100 Å². The number of hydrogen-bond acceptors (Lipinski definition) is 4. The molecule has 0 unspecified atom stereocenters. The Bertz CT molecular complexity index is 508. The predicted octanol–water partition coefficient (Wildman–Crippen LogP) is 1.69. The zero-order valence-electron chi connectivity index (χ0n) is 10.4. The van der Waals surface area contributed by atoms with Gasteiger partial charge in [-0.05, 0) is 6.92 Å². The van der Waals surface area contributed by atoms with Crippen LogP contribution in [-0.4, -0.2) is 35.1 Å². The number of fused-ring (bicyclic) bond motifs is 1. The van der Waals surface area contributed by atoms with Crippen LogP contribution in [0, 0.1) is 6.92 Å². The Morgan fingerprint density at radius 1 is 1.35 bits per heavy atom. The van der Waals surface area contributed by atoms with E-state index in [9.17, 15) is 0 Å². The van der Waals surface area contributed by atoms with E-state index in [0.717, 1.165) is 28.9 Å². The summed E-state index contributed by atoms with van der Waals surface area (Å²) in [6, 6.07) is 1.94. The number of pyridine rings is 1. The summed E-state index contributed by atoms with van der Waals surface area (Å²) < 4.78 is 12.5. The van der Waals surface area contributed by atoms with Gasteiger partial charge < -0.3 is 9.47 Å². The number of methoxy groups -OCH3 is 1. The molecule has 5 heteroatoms. The topological polar surface area (TPSA) is 49.2 Å². The van der Waals surface area contributed by atoms with Crippen molar-refractivity contribution < 1.29 is 9.47 Å². The van der Waals surface area contributed by atoms with Crippen LogP contribution >= 0.6 is 0 Å². The molecule has 0 atom stereocenters. The number of hydrogen-bond donors (Lipinski definition) is 0. The molecule has 0 spiro atoms. The quantitative estimate of drug-likeness (QED) is 0.740. The molecular weight excluding hydrogens is 218 g/mol. The molecular formula is C12H17N3O2. The molecule has 0 bridgehead atoms. The van der Waals surface area contributed by atoms with Gasteiger partial charge in [0.15, 0.2) is 5.65 Å². The number of nitrogens with zero attached hydrogens (tertiary/aromatic N) is 3. The van der Waals surface area contributed by atoms with Crippen LogP contribution in [0.3, 0.4) is 0 Å². The van der Waals surface area contributed by atoms with Crippen LogP contribution < -0.4 is 4.74 Å². The van der Waals surface area contributed by atoms with Crippen molar-refractivity contribution in [1.29, 1.82) is 0 Å². The van der Waals surface area contributed by atoms with Crippen LogP contribution in [0.5, 0.6) is 5.75 Å². The number of ether oxygens (including phenoxy) is 2. The second-order valence-electron chi connectivity index (χ2n) is 3.96. The maximum atomic E-state index is 5.74. The second kappa shape index (κ2) is 5.14. The zero-order chi connectivity index (χ0) is 12.3. The lowest BCUT2D eigenvalue weighted by atomic mass is 10.3. The van der Waals surface area contributed by atoms with Crippen molar-refractivity contribution in [3.63, 3.8) is 0 Å². The van der Waals surface area contributed by atoms with E-state index < -0.39 is 0 Å². The molecule has 2 rings (SSSR count). The fourth-order valence-electron chi connectivity index (χ4n) is 1.71. The van der Waals surface area contributed by atoms with Crippen molar-refractivity contribution in [1.82, 2.24) is 14.8 Å². The molecule has 0 saturated heterocycles. The Hall–Kier alpha value is -1.62. The van der Waals surface area contributed by atoms with E-state index in [2.05, 4.69) is 10.1 Å². The van der Waals surface area contributed by atoms with Crippen molar-refractivity contribution in [2.45, 2.75) is 13.3 Å². The highest BCUT2D eigenvalue weighted by molar-refractivity contribution is 5.82. The number of aromatic nitrogens is 3. The van der Waals surface area contributed by atoms with Crippen molar-refractivity contribution in [3.8, 4) is 5.75 Å². The fraction of sp³-hybridized carbons (Fsp3) is 0.500. The van der Waals surface area contributed by atoms with Crippen LogP contribution in [-0.2, 0) is 11.8 Å². The van der Waals surface area contributed by atoms with Gasteiger partial charge in [-0.15, -0.1) is 0 Å². The second-order valence-corrected chi connectivity index (χ2v) is 3.96. The van der Waals surface area contributed by atoms with E-state index in [-0.39, 0.29) is 0 Å². The summed E-state index contributed by atoms with van der Waals surface area (Å²) in [5.74, 6) is 0.844. The lowest BCUT2D eigenvalue weighted by molar-refractivity contribution is 0.172. The number of rotatable bonds is 5. The van der Waals surface area contributed by atoms with Crippen LogP contribution in [0.4, 0.5) is 0 Å². The summed E-state index contributed by atoms with van der Waals surface area (Å²) in [5, 5.41) is 5.15. The standard InChI is InChI=1S/C12H17N3O2/c1-9-7-11(17-6-4-5-16-3)10-8-13-15(2)12(10)14-9/h7-8H,4-6H2,1-3H3. The molecule has 2 aromatic rings. The van der Waals surface area contributed by atoms with E-state index in [4.69, 9.17) is 9.47 Å². The lowest BCUT2D eigenvalue weighted by Gasteiger charge is -2.07. The average molecular weight is 235 g/mol. The predicted molar refractivity (Wildman–Crippen MR) is 65.2 cm³/mol. The first kappa shape index (κ1) is 11.9. The molecule has 0 aliphatic rings. The molecule has 0 aromatic carbocycles. The van der Waals surface area contributed by atoms with Crippen molar-refractivity contribution in [2.24, 2.45) is 7.05 Å². The smallest absolute Gasteiger partial charge is 0.161 e. The molecule has 0 N–H and O–H groups in total. The third-order valence-electron chi connectivity index (χ3n) is 2.55. The molecule has 2 heterocycles. The molecule has 0 amide bonds. The first-order valence-corrected chi connectivity index (χ1v) is 5.63. The van der Waals surface area contributed by atoms with Crippen LogP contribution in [0.25, 0.3) is 11.0 Å². The largest absolute Gasteiger partial charge is 0.493 e. The highest BCUT2D eigenvalue weighted by Crippen LogP contribution is 2.24. The third kappa shape index (κ3) is 2.55. The van der Waals surface area contributed by atoms with Gasteiger partial charge in [0.2, 0.25) is 0 Å². The van der Waals surface area contributed by atoms with Crippen molar-refractivity contribution in [3.05, 3.63) is 18.0 Å². The van der Waals surface area contributed by atoms with Crippen LogP contribution in [0.2, 0.25) is 0 Å². The Kier molecular flexibility index (Phi) is 3.58. The summed E-state index contributed by atoms with van der Waals surface area (Å²) >= 11 is 0. The minimum absolute atomic E-state index is 0.640. The van der Waals surface area contributed by atoms with Gasteiger partial charge in [0.05, 0.1) is 18.2 Å². The lowest BCUT2D eigenvalue weighted by Crippen LogP contribution is -2.02.